The molecule has 0 bridgehead atoms. The lowest BCUT2D eigenvalue weighted by Crippen LogP contribution is -2.13. The van der Waals surface area contributed by atoms with Crippen molar-refractivity contribution in [1.82, 2.24) is 4.98 Å². The number of rotatable bonds is 4. The molecule has 0 radical (unpaired) electrons. The van der Waals surface area contributed by atoms with Crippen LogP contribution in [0.5, 0.6) is 0 Å². The Bertz CT molecular complexity index is 971. The number of amides is 1. The molecule has 0 aliphatic carbocycles. The van der Waals surface area contributed by atoms with E-state index in [9.17, 15) is 18.0 Å². The summed E-state index contributed by atoms with van der Waals surface area (Å²) in [6, 6.07) is 11.9. The number of anilines is 3. The maximum absolute atomic E-state index is 12.6. The molecule has 0 atom stereocenters. The van der Waals surface area contributed by atoms with Crippen LogP contribution in [0.1, 0.15) is 16.1 Å². The average Bonchev–Trinajstić information content (AvgIpc) is 3.07. The van der Waals surface area contributed by atoms with E-state index in [-0.39, 0.29) is 10.7 Å². The quantitative estimate of drug-likeness (QED) is 0.541. The molecule has 2 aromatic carbocycles. The smallest absolute Gasteiger partial charge is 0.399 e. The van der Waals surface area contributed by atoms with Gasteiger partial charge in [0.1, 0.15) is 0 Å². The van der Waals surface area contributed by atoms with Gasteiger partial charge in [-0.15, -0.1) is 11.3 Å². The number of carbonyl (C=O) groups is 1. The van der Waals surface area contributed by atoms with Crippen LogP contribution in [-0.2, 0) is 6.18 Å². The van der Waals surface area contributed by atoms with Crippen molar-refractivity contribution in [3.8, 4) is 0 Å². The fraction of sp³-hybridized carbons (Fsp3) is 0.0588. The molecular formula is C17H13F3N4OS2. The van der Waals surface area contributed by atoms with Crippen LogP contribution in [0.3, 0.4) is 0 Å². The Morgan fingerprint density at radius 1 is 1.11 bits per heavy atom. The van der Waals surface area contributed by atoms with Gasteiger partial charge in [0.2, 0.25) is 0 Å². The summed E-state index contributed by atoms with van der Waals surface area (Å²) < 4.78 is 37.7. The van der Waals surface area contributed by atoms with Gasteiger partial charge >= 0.3 is 6.18 Å². The standard InChI is InChI=1S/C17H13F3N4OS2/c18-17(19,20)14-8-26-16(23-14)24-15(25)9-1-6-13(12(22)7-9)27-11-4-2-10(21)3-5-11/h1-8H,21-22H2,(H,23,24,25). The molecule has 0 spiro atoms. The number of hydrogen-bond acceptors (Lipinski definition) is 6. The SMILES string of the molecule is Nc1ccc(Sc2ccc(C(=O)Nc3nc(C(F)(F)F)cs3)cc2N)cc1. The molecule has 140 valence electrons. The van der Waals surface area contributed by atoms with Gasteiger partial charge in [0, 0.05) is 32.1 Å². The van der Waals surface area contributed by atoms with E-state index >= 15 is 0 Å². The second kappa shape index (κ2) is 7.49. The number of halogens is 3. The van der Waals surface area contributed by atoms with Crippen molar-refractivity contribution in [2.45, 2.75) is 16.0 Å². The topological polar surface area (TPSA) is 94.0 Å². The van der Waals surface area contributed by atoms with E-state index in [0.717, 1.165) is 15.2 Å². The molecule has 3 rings (SSSR count). The lowest BCUT2D eigenvalue weighted by molar-refractivity contribution is -0.140. The van der Waals surface area contributed by atoms with Crippen molar-refractivity contribution in [1.29, 1.82) is 0 Å². The molecule has 5 nitrogen and oxygen atoms in total. The van der Waals surface area contributed by atoms with Gasteiger partial charge < -0.3 is 11.5 Å². The first-order valence-electron chi connectivity index (χ1n) is 7.49. The third-order valence-corrected chi connectivity index (χ3v) is 5.25. The van der Waals surface area contributed by atoms with E-state index in [4.69, 9.17) is 11.5 Å². The van der Waals surface area contributed by atoms with Crippen molar-refractivity contribution < 1.29 is 18.0 Å². The van der Waals surface area contributed by atoms with Gasteiger partial charge in [-0.1, -0.05) is 11.8 Å². The van der Waals surface area contributed by atoms with Crippen molar-refractivity contribution >= 4 is 45.5 Å². The van der Waals surface area contributed by atoms with Crippen molar-refractivity contribution in [2.75, 3.05) is 16.8 Å². The minimum absolute atomic E-state index is 0.133. The second-order valence-corrected chi connectivity index (χ2v) is 7.39. The number of nitrogen functional groups attached to an aromatic ring is 2. The van der Waals surface area contributed by atoms with Crippen LogP contribution in [-0.4, -0.2) is 10.9 Å². The first-order valence-corrected chi connectivity index (χ1v) is 9.19. The number of nitrogens with two attached hydrogens (primary N) is 2. The number of thiazole rings is 1. The molecule has 0 fully saturated rings. The predicted molar refractivity (Wildman–Crippen MR) is 101 cm³/mol. The van der Waals surface area contributed by atoms with Gasteiger partial charge in [-0.2, -0.15) is 13.2 Å². The molecule has 1 aromatic heterocycles. The van der Waals surface area contributed by atoms with Gasteiger partial charge in [-0.3, -0.25) is 10.1 Å². The van der Waals surface area contributed by atoms with E-state index in [1.807, 2.05) is 12.1 Å². The molecule has 0 saturated carbocycles. The predicted octanol–water partition coefficient (Wildman–Crippen LogP) is 4.73. The first-order chi connectivity index (χ1) is 12.7. The first kappa shape index (κ1) is 19.1. The molecule has 1 amide bonds. The van der Waals surface area contributed by atoms with Crippen molar-refractivity contribution in [3.05, 3.63) is 59.1 Å². The lowest BCUT2D eigenvalue weighted by atomic mass is 10.2. The summed E-state index contributed by atoms with van der Waals surface area (Å²) in [4.78, 5) is 17.3. The second-order valence-electron chi connectivity index (χ2n) is 5.41. The summed E-state index contributed by atoms with van der Waals surface area (Å²) in [6.45, 7) is 0. The summed E-state index contributed by atoms with van der Waals surface area (Å²) in [7, 11) is 0. The van der Waals surface area contributed by atoms with E-state index in [2.05, 4.69) is 10.3 Å². The molecule has 0 unspecified atom stereocenters. The van der Waals surface area contributed by atoms with Gasteiger partial charge in [-0.25, -0.2) is 4.98 Å². The van der Waals surface area contributed by atoms with Gasteiger partial charge in [0.15, 0.2) is 10.8 Å². The molecule has 0 aliphatic heterocycles. The van der Waals surface area contributed by atoms with Crippen LogP contribution in [0.15, 0.2) is 57.6 Å². The molecule has 0 saturated heterocycles. The monoisotopic (exact) mass is 410 g/mol. The van der Waals surface area contributed by atoms with Gasteiger partial charge in [0.25, 0.3) is 5.91 Å². The van der Waals surface area contributed by atoms with Crippen LogP contribution < -0.4 is 16.8 Å². The molecule has 3 aromatic rings. The third kappa shape index (κ3) is 4.72. The molecule has 1 heterocycles. The van der Waals surface area contributed by atoms with Crippen molar-refractivity contribution in [2.24, 2.45) is 0 Å². The molecule has 10 heteroatoms. The Morgan fingerprint density at radius 2 is 1.81 bits per heavy atom. The molecule has 27 heavy (non-hydrogen) atoms. The number of carbonyl (C=O) groups excluding carboxylic acids is 1. The van der Waals surface area contributed by atoms with Crippen molar-refractivity contribution in [3.63, 3.8) is 0 Å². The number of hydrogen-bond donors (Lipinski definition) is 3. The summed E-state index contributed by atoms with van der Waals surface area (Å²) in [5.41, 5.74) is 11.9. The minimum Gasteiger partial charge on any atom is -0.399 e. The highest BCUT2D eigenvalue weighted by molar-refractivity contribution is 7.99. The Kier molecular flexibility index (Phi) is 5.29. The highest BCUT2D eigenvalue weighted by Crippen LogP contribution is 2.34. The van der Waals surface area contributed by atoms with E-state index in [1.165, 1.54) is 17.8 Å². The van der Waals surface area contributed by atoms with Crippen LogP contribution in [0, 0.1) is 0 Å². The van der Waals surface area contributed by atoms with E-state index in [0.29, 0.717) is 22.7 Å². The Balaban J connectivity index is 1.71. The normalized spacial score (nSPS) is 11.4. The number of nitrogens with one attached hydrogen (secondary N) is 1. The fourth-order valence-corrected chi connectivity index (χ4v) is 3.63. The summed E-state index contributed by atoms with van der Waals surface area (Å²) >= 11 is 2.11. The Morgan fingerprint density at radius 3 is 2.41 bits per heavy atom. The Hall–Kier alpha value is -2.72. The number of aromatic nitrogens is 1. The van der Waals surface area contributed by atoms with E-state index < -0.39 is 17.8 Å². The maximum atomic E-state index is 12.6. The maximum Gasteiger partial charge on any atom is 0.434 e. The summed E-state index contributed by atoms with van der Waals surface area (Å²) in [5.74, 6) is -0.589. The zero-order valence-electron chi connectivity index (χ0n) is 13.6. The fourth-order valence-electron chi connectivity index (χ4n) is 2.08. The number of benzene rings is 2. The zero-order chi connectivity index (χ0) is 19.6. The van der Waals surface area contributed by atoms with Crippen LogP contribution in [0.25, 0.3) is 0 Å². The Labute approximate surface area is 160 Å². The molecule has 5 N–H and O–H groups in total. The highest BCUT2D eigenvalue weighted by Gasteiger charge is 2.33. The lowest BCUT2D eigenvalue weighted by Gasteiger charge is -2.08. The third-order valence-electron chi connectivity index (χ3n) is 3.39. The average molecular weight is 410 g/mol. The molecular weight excluding hydrogens is 397 g/mol. The van der Waals surface area contributed by atoms with Gasteiger partial charge in [-0.05, 0) is 42.5 Å². The summed E-state index contributed by atoms with van der Waals surface area (Å²) in [5, 5.41) is 3.06. The molecule has 0 aliphatic rings. The largest absolute Gasteiger partial charge is 0.434 e. The highest BCUT2D eigenvalue weighted by atomic mass is 32.2. The summed E-state index contributed by atoms with van der Waals surface area (Å²) in [6.07, 6.45) is -4.55. The van der Waals surface area contributed by atoms with Crippen LogP contribution >= 0.6 is 23.1 Å². The van der Waals surface area contributed by atoms with E-state index in [1.54, 1.807) is 24.3 Å². The zero-order valence-corrected chi connectivity index (χ0v) is 15.2. The minimum atomic E-state index is -4.55. The van der Waals surface area contributed by atoms with Crippen LogP contribution in [0.4, 0.5) is 29.7 Å². The van der Waals surface area contributed by atoms with Crippen LogP contribution in [0.2, 0.25) is 0 Å². The number of nitrogens with zero attached hydrogens (tertiary/aromatic N) is 1. The van der Waals surface area contributed by atoms with Gasteiger partial charge in [0.05, 0.1) is 0 Å². The number of alkyl halides is 3.